The maximum atomic E-state index is 13.9. The summed E-state index contributed by atoms with van der Waals surface area (Å²) in [5, 5.41) is 6.31. The number of alkyl halides is 3. The number of primary amides is 1. The molecule has 41 heavy (non-hydrogen) atoms. The van der Waals surface area contributed by atoms with E-state index in [9.17, 15) is 27.6 Å². The minimum absolute atomic E-state index is 0.0822. The number of aliphatic imine (C=N–C) groups is 1. The maximum Gasteiger partial charge on any atom is 0.389 e. The number of rotatable bonds is 8. The average molecular weight is 570 g/mol. The van der Waals surface area contributed by atoms with Crippen molar-refractivity contribution in [2.75, 3.05) is 18.1 Å². The van der Waals surface area contributed by atoms with Crippen molar-refractivity contribution in [1.82, 2.24) is 10.5 Å². The number of carbonyl (C=O) groups is 3. The zero-order valence-electron chi connectivity index (χ0n) is 21.9. The van der Waals surface area contributed by atoms with Crippen molar-refractivity contribution in [3.05, 3.63) is 77.2 Å². The SMILES string of the molecule is Cc1nocc1[C@H](C(=O)N[C@H]1N=C(c2ccccc2)c2cccc3c2N(CCO3)C1=O)[C@@H](CCC(F)(F)F)C(N)=O. The lowest BCUT2D eigenvalue weighted by molar-refractivity contribution is -0.143. The molecule has 3 aromatic rings. The second-order valence-electron chi connectivity index (χ2n) is 9.74. The number of aromatic nitrogens is 1. The Morgan fingerprint density at radius 1 is 1.17 bits per heavy atom. The van der Waals surface area contributed by atoms with Crippen LogP contribution in [0.5, 0.6) is 5.75 Å². The molecule has 0 saturated heterocycles. The highest BCUT2D eigenvalue weighted by molar-refractivity contribution is 6.21. The van der Waals surface area contributed by atoms with Crippen LogP contribution in [-0.4, -0.2) is 54.1 Å². The molecular formula is C28H26F3N5O5. The fourth-order valence-corrected chi connectivity index (χ4v) is 5.17. The molecule has 3 N–H and O–H groups in total. The first-order valence-corrected chi connectivity index (χ1v) is 12.8. The smallest absolute Gasteiger partial charge is 0.389 e. The molecule has 5 rings (SSSR count). The third kappa shape index (κ3) is 5.65. The lowest BCUT2D eigenvalue weighted by Crippen LogP contribution is -2.51. The fourth-order valence-electron chi connectivity index (χ4n) is 5.17. The quantitative estimate of drug-likeness (QED) is 0.427. The summed E-state index contributed by atoms with van der Waals surface area (Å²) in [7, 11) is 0. The van der Waals surface area contributed by atoms with Crippen molar-refractivity contribution in [3.8, 4) is 5.75 Å². The van der Waals surface area contributed by atoms with Crippen LogP contribution in [0.2, 0.25) is 0 Å². The molecule has 214 valence electrons. The summed E-state index contributed by atoms with van der Waals surface area (Å²) in [5.41, 5.74) is 7.94. The summed E-state index contributed by atoms with van der Waals surface area (Å²) < 4.78 is 50.1. The van der Waals surface area contributed by atoms with Crippen LogP contribution in [0.1, 0.15) is 41.1 Å². The Kier molecular flexibility index (Phi) is 7.52. The predicted molar refractivity (Wildman–Crippen MR) is 140 cm³/mol. The summed E-state index contributed by atoms with van der Waals surface area (Å²) in [5.74, 6) is -5.22. The van der Waals surface area contributed by atoms with E-state index >= 15 is 0 Å². The van der Waals surface area contributed by atoms with Crippen LogP contribution in [0.4, 0.5) is 18.9 Å². The van der Waals surface area contributed by atoms with E-state index in [2.05, 4.69) is 15.5 Å². The van der Waals surface area contributed by atoms with Gasteiger partial charge in [0.15, 0.2) is 0 Å². The second kappa shape index (κ2) is 11.1. The van der Waals surface area contributed by atoms with E-state index in [0.29, 0.717) is 28.3 Å². The van der Waals surface area contributed by atoms with Gasteiger partial charge in [-0.3, -0.25) is 14.4 Å². The molecule has 13 heteroatoms. The van der Waals surface area contributed by atoms with Gasteiger partial charge in [0.25, 0.3) is 5.91 Å². The zero-order chi connectivity index (χ0) is 29.3. The number of carbonyl (C=O) groups excluding carboxylic acids is 3. The van der Waals surface area contributed by atoms with Gasteiger partial charge >= 0.3 is 6.18 Å². The van der Waals surface area contributed by atoms with E-state index < -0.39 is 54.7 Å². The number of aryl methyl sites for hydroxylation is 1. The normalized spacial score (nSPS) is 18.0. The summed E-state index contributed by atoms with van der Waals surface area (Å²) >= 11 is 0. The first-order valence-electron chi connectivity index (χ1n) is 12.8. The molecular weight excluding hydrogens is 543 g/mol. The summed E-state index contributed by atoms with van der Waals surface area (Å²) in [6.45, 7) is 1.86. The minimum atomic E-state index is -4.59. The van der Waals surface area contributed by atoms with Crippen LogP contribution in [0.3, 0.4) is 0 Å². The fraction of sp³-hybridized carbons (Fsp3) is 0.321. The molecule has 0 aliphatic carbocycles. The number of para-hydroxylation sites is 1. The Labute approximate surface area is 232 Å². The molecule has 3 amide bonds. The first-order chi connectivity index (χ1) is 19.5. The zero-order valence-corrected chi connectivity index (χ0v) is 21.9. The molecule has 0 fully saturated rings. The number of hydrogen-bond donors (Lipinski definition) is 2. The number of nitrogens with one attached hydrogen (secondary N) is 1. The van der Waals surface area contributed by atoms with Crippen LogP contribution in [0.15, 0.2) is 64.3 Å². The van der Waals surface area contributed by atoms with Gasteiger partial charge in [-0.2, -0.15) is 13.2 Å². The Morgan fingerprint density at radius 2 is 1.93 bits per heavy atom. The van der Waals surface area contributed by atoms with E-state index in [4.69, 9.17) is 15.0 Å². The van der Waals surface area contributed by atoms with E-state index in [-0.39, 0.29) is 24.4 Å². The van der Waals surface area contributed by atoms with Gasteiger partial charge in [-0.1, -0.05) is 47.6 Å². The number of benzene rings is 2. The minimum Gasteiger partial charge on any atom is -0.490 e. The van der Waals surface area contributed by atoms with E-state index in [0.717, 1.165) is 6.26 Å². The molecule has 3 heterocycles. The number of ether oxygens (including phenoxy) is 1. The molecule has 0 saturated carbocycles. The molecule has 3 atom stereocenters. The maximum absolute atomic E-state index is 13.9. The summed E-state index contributed by atoms with van der Waals surface area (Å²) in [4.78, 5) is 46.2. The Morgan fingerprint density at radius 3 is 2.59 bits per heavy atom. The van der Waals surface area contributed by atoms with E-state index in [1.807, 2.05) is 6.07 Å². The van der Waals surface area contributed by atoms with Crippen LogP contribution < -0.4 is 20.7 Å². The highest BCUT2D eigenvalue weighted by Gasteiger charge is 2.42. The molecule has 0 radical (unpaired) electrons. The van der Waals surface area contributed by atoms with E-state index in [1.165, 1.54) is 11.8 Å². The van der Waals surface area contributed by atoms with Crippen LogP contribution in [0.25, 0.3) is 0 Å². The molecule has 0 bridgehead atoms. The number of amides is 3. The van der Waals surface area contributed by atoms with Crippen molar-refractivity contribution < 1.29 is 36.8 Å². The van der Waals surface area contributed by atoms with E-state index in [1.54, 1.807) is 42.5 Å². The molecule has 2 aromatic carbocycles. The lowest BCUT2D eigenvalue weighted by atomic mass is 9.82. The molecule has 0 unspecified atom stereocenters. The second-order valence-corrected chi connectivity index (χ2v) is 9.74. The topological polar surface area (TPSA) is 140 Å². The van der Waals surface area contributed by atoms with Gasteiger partial charge in [-0.05, 0) is 19.4 Å². The van der Waals surface area contributed by atoms with Crippen LogP contribution in [0, 0.1) is 12.8 Å². The predicted octanol–water partition coefficient (Wildman–Crippen LogP) is 3.23. The van der Waals surface area contributed by atoms with Crippen LogP contribution >= 0.6 is 0 Å². The third-order valence-electron chi connectivity index (χ3n) is 7.09. The van der Waals surface area contributed by atoms with Gasteiger partial charge in [0, 0.05) is 23.1 Å². The number of halogens is 3. The molecule has 0 spiro atoms. The highest BCUT2D eigenvalue weighted by atomic mass is 19.4. The molecule has 10 nitrogen and oxygen atoms in total. The summed E-state index contributed by atoms with van der Waals surface area (Å²) in [6.07, 6.45) is -7.09. The summed E-state index contributed by atoms with van der Waals surface area (Å²) in [6, 6.07) is 14.3. The molecule has 2 aliphatic heterocycles. The number of hydrogen-bond acceptors (Lipinski definition) is 7. The Hall–Kier alpha value is -4.68. The highest BCUT2D eigenvalue weighted by Crippen LogP contribution is 2.39. The Bertz CT molecular complexity index is 1500. The van der Waals surface area contributed by atoms with Gasteiger partial charge in [0.05, 0.1) is 35.5 Å². The first kappa shape index (κ1) is 27.9. The van der Waals surface area contributed by atoms with Crippen LogP contribution in [-0.2, 0) is 14.4 Å². The largest absolute Gasteiger partial charge is 0.490 e. The van der Waals surface area contributed by atoms with Crippen molar-refractivity contribution in [1.29, 1.82) is 0 Å². The monoisotopic (exact) mass is 569 g/mol. The van der Waals surface area contributed by atoms with Crippen molar-refractivity contribution in [2.24, 2.45) is 16.6 Å². The van der Waals surface area contributed by atoms with Gasteiger partial charge < -0.3 is 25.2 Å². The van der Waals surface area contributed by atoms with Crippen molar-refractivity contribution in [2.45, 2.75) is 38.0 Å². The van der Waals surface area contributed by atoms with Gasteiger partial charge in [0.2, 0.25) is 18.0 Å². The molecule has 1 aromatic heterocycles. The Balaban J connectivity index is 1.57. The molecule has 2 aliphatic rings. The van der Waals surface area contributed by atoms with Crippen molar-refractivity contribution in [3.63, 3.8) is 0 Å². The lowest BCUT2D eigenvalue weighted by Gasteiger charge is -2.31. The third-order valence-corrected chi connectivity index (χ3v) is 7.09. The van der Waals surface area contributed by atoms with Crippen molar-refractivity contribution >= 4 is 29.1 Å². The standard InChI is InChI=1S/C28H26F3N5O5/c1-15-19(14-41-35-15)21(17(24(32)37)10-11-28(29,30)31)26(38)34-25-27(39)36-12-13-40-20-9-5-8-18(23(20)36)22(33-25)16-6-3-2-4-7-16/h2-9,14,17,21,25H,10-13H2,1H3,(H2,32,37)(H,34,38)/t17-,21-,25-/m1/s1. The average Bonchev–Trinajstić information content (AvgIpc) is 3.32. The van der Waals surface area contributed by atoms with Gasteiger partial charge in [-0.25, -0.2) is 4.99 Å². The van der Waals surface area contributed by atoms with Gasteiger partial charge in [-0.15, -0.1) is 0 Å². The number of anilines is 1. The number of nitrogens with zero attached hydrogens (tertiary/aromatic N) is 3. The number of nitrogens with two attached hydrogens (primary N) is 1. The van der Waals surface area contributed by atoms with Gasteiger partial charge in [0.1, 0.15) is 18.6 Å².